The number of aliphatic imine (C=N–C) groups is 1. The quantitative estimate of drug-likeness (QED) is 0.344. The molecule has 0 saturated carbocycles. The zero-order chi connectivity index (χ0) is 18.3. The van der Waals surface area contributed by atoms with E-state index < -0.39 is 0 Å². The second-order valence-electron chi connectivity index (χ2n) is 6.37. The van der Waals surface area contributed by atoms with Gasteiger partial charge in [-0.2, -0.15) is 0 Å². The third-order valence-electron chi connectivity index (χ3n) is 3.48. The topological polar surface area (TPSA) is 54.9 Å². The molecule has 0 heterocycles. The van der Waals surface area contributed by atoms with Crippen molar-refractivity contribution in [1.82, 2.24) is 10.6 Å². The molecule has 0 aromatic heterocycles. The summed E-state index contributed by atoms with van der Waals surface area (Å²) in [4.78, 5) is 4.64. The predicted molar refractivity (Wildman–Crippen MR) is 105 cm³/mol. The smallest absolute Gasteiger partial charge is 0.191 e. The summed E-state index contributed by atoms with van der Waals surface area (Å²) in [6.45, 7) is 13.2. The fourth-order valence-electron chi connectivity index (χ4n) is 2.15. The van der Waals surface area contributed by atoms with Crippen LogP contribution in [0.3, 0.4) is 0 Å². The monoisotopic (exact) mass is 349 g/mol. The number of unbranched alkanes of at least 4 members (excludes halogenated alkanes) is 1. The summed E-state index contributed by atoms with van der Waals surface area (Å²) in [5.41, 5.74) is 1.17. The van der Waals surface area contributed by atoms with Gasteiger partial charge in [-0.1, -0.05) is 26.0 Å². The molecule has 0 unspecified atom stereocenters. The Morgan fingerprint density at radius 2 is 1.84 bits per heavy atom. The molecular weight excluding hydrogens is 314 g/mol. The normalized spacial score (nSPS) is 11.6. The zero-order valence-electron chi connectivity index (χ0n) is 16.3. The number of rotatable bonds is 12. The van der Waals surface area contributed by atoms with Crippen molar-refractivity contribution in [2.75, 3.05) is 32.9 Å². The van der Waals surface area contributed by atoms with Crippen molar-refractivity contribution in [3.8, 4) is 5.75 Å². The Morgan fingerprint density at radius 1 is 1.08 bits per heavy atom. The fraction of sp³-hybridized carbons (Fsp3) is 0.650. The minimum absolute atomic E-state index is 0.534. The van der Waals surface area contributed by atoms with Crippen LogP contribution in [0.1, 0.15) is 46.1 Å². The van der Waals surface area contributed by atoms with Crippen molar-refractivity contribution in [3.63, 3.8) is 0 Å². The first-order valence-electron chi connectivity index (χ1n) is 9.47. The summed E-state index contributed by atoms with van der Waals surface area (Å²) in [7, 11) is 0. The number of hydrogen-bond acceptors (Lipinski definition) is 3. The Balaban J connectivity index is 2.39. The van der Waals surface area contributed by atoms with Gasteiger partial charge in [0.2, 0.25) is 0 Å². The van der Waals surface area contributed by atoms with Gasteiger partial charge in [-0.25, -0.2) is 4.99 Å². The molecule has 0 saturated heterocycles. The molecule has 5 heteroatoms. The number of guanidine groups is 1. The van der Waals surface area contributed by atoms with Gasteiger partial charge in [0.05, 0.1) is 13.2 Å². The van der Waals surface area contributed by atoms with Crippen molar-refractivity contribution in [2.24, 2.45) is 10.9 Å². The van der Waals surface area contributed by atoms with Gasteiger partial charge in [-0.3, -0.25) is 0 Å². The molecule has 1 rings (SSSR count). The van der Waals surface area contributed by atoms with Crippen LogP contribution in [-0.4, -0.2) is 38.9 Å². The lowest BCUT2D eigenvalue weighted by Crippen LogP contribution is -2.37. The zero-order valence-corrected chi connectivity index (χ0v) is 16.3. The van der Waals surface area contributed by atoms with Gasteiger partial charge in [-0.15, -0.1) is 0 Å². The number of hydrogen-bond donors (Lipinski definition) is 2. The van der Waals surface area contributed by atoms with Crippen LogP contribution >= 0.6 is 0 Å². The summed E-state index contributed by atoms with van der Waals surface area (Å²) >= 11 is 0. The van der Waals surface area contributed by atoms with Crippen LogP contribution in [-0.2, 0) is 11.3 Å². The maximum absolute atomic E-state index is 5.71. The molecule has 0 fully saturated rings. The van der Waals surface area contributed by atoms with Crippen LogP contribution in [0, 0.1) is 5.92 Å². The number of benzene rings is 1. The van der Waals surface area contributed by atoms with E-state index in [-0.39, 0.29) is 0 Å². The molecular formula is C20H35N3O2. The van der Waals surface area contributed by atoms with Crippen LogP contribution in [0.4, 0.5) is 0 Å². The molecule has 0 spiro atoms. The molecule has 0 bridgehead atoms. The maximum Gasteiger partial charge on any atom is 0.191 e. The Kier molecular flexibility index (Phi) is 11.5. The van der Waals surface area contributed by atoms with Gasteiger partial charge < -0.3 is 20.1 Å². The highest BCUT2D eigenvalue weighted by molar-refractivity contribution is 5.79. The lowest BCUT2D eigenvalue weighted by Gasteiger charge is -2.12. The average Bonchev–Trinajstić information content (AvgIpc) is 2.61. The second kappa shape index (κ2) is 13.5. The van der Waals surface area contributed by atoms with Crippen molar-refractivity contribution in [2.45, 2.75) is 47.1 Å². The number of nitrogens with one attached hydrogen (secondary N) is 2. The fourth-order valence-corrected chi connectivity index (χ4v) is 2.15. The summed E-state index contributed by atoms with van der Waals surface area (Å²) in [5, 5.41) is 6.65. The van der Waals surface area contributed by atoms with Gasteiger partial charge >= 0.3 is 0 Å². The van der Waals surface area contributed by atoms with E-state index in [4.69, 9.17) is 9.47 Å². The van der Waals surface area contributed by atoms with Gasteiger partial charge in [0, 0.05) is 26.3 Å². The van der Waals surface area contributed by atoms with Crippen molar-refractivity contribution < 1.29 is 9.47 Å². The van der Waals surface area contributed by atoms with Crippen LogP contribution in [0.25, 0.3) is 0 Å². The third kappa shape index (κ3) is 10.7. The first kappa shape index (κ1) is 21.3. The van der Waals surface area contributed by atoms with E-state index in [0.717, 1.165) is 57.5 Å². The first-order chi connectivity index (χ1) is 12.2. The minimum atomic E-state index is 0.534. The molecule has 0 aliphatic carbocycles. The van der Waals surface area contributed by atoms with Gasteiger partial charge in [0.25, 0.3) is 0 Å². The van der Waals surface area contributed by atoms with Gasteiger partial charge in [-0.05, 0) is 50.3 Å². The average molecular weight is 350 g/mol. The van der Waals surface area contributed by atoms with Crippen molar-refractivity contribution in [1.29, 1.82) is 0 Å². The first-order valence-corrected chi connectivity index (χ1v) is 9.47. The highest BCUT2D eigenvalue weighted by Crippen LogP contribution is 2.13. The molecule has 25 heavy (non-hydrogen) atoms. The van der Waals surface area contributed by atoms with Crippen LogP contribution in [0.5, 0.6) is 5.75 Å². The summed E-state index contributed by atoms with van der Waals surface area (Å²) < 4.78 is 11.1. The summed E-state index contributed by atoms with van der Waals surface area (Å²) in [5.74, 6) is 2.31. The lowest BCUT2D eigenvalue weighted by atomic mass is 10.2. The third-order valence-corrected chi connectivity index (χ3v) is 3.48. The Labute approximate surface area is 153 Å². The molecule has 5 nitrogen and oxygen atoms in total. The molecule has 1 aromatic rings. The molecule has 0 atom stereocenters. The van der Waals surface area contributed by atoms with Crippen molar-refractivity contribution >= 4 is 5.96 Å². The van der Waals surface area contributed by atoms with E-state index in [1.807, 2.05) is 19.1 Å². The number of ether oxygens (including phenoxy) is 2. The number of nitrogens with zero attached hydrogens (tertiary/aromatic N) is 1. The Bertz CT molecular complexity index is 472. The van der Waals surface area contributed by atoms with Crippen LogP contribution in [0.15, 0.2) is 29.3 Å². The maximum atomic E-state index is 5.71. The minimum Gasteiger partial charge on any atom is -0.493 e. The largest absolute Gasteiger partial charge is 0.493 e. The van der Waals surface area contributed by atoms with Crippen LogP contribution < -0.4 is 15.4 Å². The second-order valence-corrected chi connectivity index (χ2v) is 6.37. The molecule has 0 aliphatic heterocycles. The van der Waals surface area contributed by atoms with E-state index in [1.165, 1.54) is 5.56 Å². The van der Waals surface area contributed by atoms with Crippen molar-refractivity contribution in [3.05, 3.63) is 29.8 Å². The highest BCUT2D eigenvalue weighted by atomic mass is 16.5. The molecule has 0 radical (unpaired) electrons. The summed E-state index contributed by atoms with van der Waals surface area (Å²) in [6.07, 6.45) is 2.14. The summed E-state index contributed by atoms with van der Waals surface area (Å²) in [6, 6.07) is 8.18. The van der Waals surface area contributed by atoms with E-state index >= 15 is 0 Å². The van der Waals surface area contributed by atoms with Gasteiger partial charge in [0.15, 0.2) is 5.96 Å². The molecule has 0 aliphatic rings. The molecule has 1 aromatic carbocycles. The molecule has 2 N–H and O–H groups in total. The van der Waals surface area contributed by atoms with Crippen LogP contribution in [0.2, 0.25) is 0 Å². The highest BCUT2D eigenvalue weighted by Gasteiger charge is 2.00. The Hall–Kier alpha value is -1.75. The lowest BCUT2D eigenvalue weighted by molar-refractivity contribution is 0.143. The van der Waals surface area contributed by atoms with E-state index in [0.29, 0.717) is 12.5 Å². The van der Waals surface area contributed by atoms with E-state index in [2.05, 4.69) is 48.5 Å². The SMILES string of the molecule is CCNC(=NCc1ccc(OCC(C)C)cc1)NCCCCOCC. The van der Waals surface area contributed by atoms with E-state index in [1.54, 1.807) is 0 Å². The molecule has 142 valence electrons. The van der Waals surface area contributed by atoms with Gasteiger partial charge in [0.1, 0.15) is 5.75 Å². The Morgan fingerprint density at radius 3 is 2.48 bits per heavy atom. The van der Waals surface area contributed by atoms with E-state index in [9.17, 15) is 0 Å². The standard InChI is InChI=1S/C20H35N3O2/c1-5-21-20(22-13-7-8-14-24-6-2)23-15-18-9-11-19(12-10-18)25-16-17(3)4/h9-12,17H,5-8,13-16H2,1-4H3,(H2,21,22,23). The predicted octanol–water partition coefficient (Wildman–Crippen LogP) is 3.59. The molecule has 0 amide bonds.